The van der Waals surface area contributed by atoms with Gasteiger partial charge in [-0.3, -0.25) is 4.79 Å². The van der Waals surface area contributed by atoms with Crippen molar-refractivity contribution in [2.75, 3.05) is 26.3 Å². The molecule has 0 bridgehead atoms. The van der Waals surface area contributed by atoms with Crippen LogP contribution in [0.2, 0.25) is 0 Å². The van der Waals surface area contributed by atoms with Gasteiger partial charge in [-0.2, -0.15) is 0 Å². The average molecular weight is 394 g/mol. The lowest BCUT2D eigenvalue weighted by atomic mass is 10.1. The second-order valence-electron chi connectivity index (χ2n) is 6.70. The van der Waals surface area contributed by atoms with Crippen LogP contribution >= 0.6 is 11.8 Å². The van der Waals surface area contributed by atoms with Gasteiger partial charge < -0.3 is 14.6 Å². The maximum atomic E-state index is 12.7. The third kappa shape index (κ3) is 4.13. The number of H-pyrrole nitrogens is 1. The average Bonchev–Trinajstić information content (AvgIpc) is 3.19. The van der Waals surface area contributed by atoms with E-state index in [9.17, 15) is 4.79 Å². The molecule has 1 saturated heterocycles. The van der Waals surface area contributed by atoms with Crippen molar-refractivity contribution < 1.29 is 9.53 Å². The minimum Gasteiger partial charge on any atom is -0.378 e. The lowest BCUT2D eigenvalue weighted by molar-refractivity contribution is -0.134. The summed E-state index contributed by atoms with van der Waals surface area (Å²) in [5, 5.41) is 0.545. The van der Waals surface area contributed by atoms with Crippen LogP contribution < -0.4 is 0 Å². The molecule has 6 heteroatoms. The fraction of sp³-hybridized carbons (Fsp3) is 0.273. The van der Waals surface area contributed by atoms with Crippen LogP contribution in [-0.2, 0) is 9.53 Å². The van der Waals surface area contributed by atoms with Gasteiger partial charge in [0, 0.05) is 24.2 Å². The van der Waals surface area contributed by atoms with E-state index < -0.39 is 0 Å². The fourth-order valence-electron chi connectivity index (χ4n) is 3.28. The van der Waals surface area contributed by atoms with Crippen molar-refractivity contribution in [1.82, 2.24) is 14.9 Å². The van der Waals surface area contributed by atoms with E-state index in [0.29, 0.717) is 26.3 Å². The van der Waals surface area contributed by atoms with Crippen molar-refractivity contribution in [1.29, 1.82) is 0 Å². The van der Waals surface area contributed by atoms with E-state index in [0.717, 1.165) is 27.7 Å². The number of aromatic amines is 1. The molecule has 4 rings (SSSR count). The Morgan fingerprint density at radius 2 is 1.64 bits per heavy atom. The molecule has 28 heavy (non-hydrogen) atoms. The van der Waals surface area contributed by atoms with Crippen LogP contribution in [0.5, 0.6) is 0 Å². The Balaban J connectivity index is 1.61. The molecule has 0 aliphatic carbocycles. The van der Waals surface area contributed by atoms with Crippen LogP contribution in [0, 0.1) is 0 Å². The highest BCUT2D eigenvalue weighted by atomic mass is 32.2. The monoisotopic (exact) mass is 393 g/mol. The van der Waals surface area contributed by atoms with Crippen LogP contribution in [0.4, 0.5) is 0 Å². The molecule has 1 amide bonds. The first kappa shape index (κ1) is 18.8. The molecule has 5 nitrogen and oxygen atoms in total. The van der Waals surface area contributed by atoms with Gasteiger partial charge >= 0.3 is 0 Å². The number of nitrogens with one attached hydrogen (secondary N) is 1. The van der Waals surface area contributed by atoms with Crippen molar-refractivity contribution in [3.8, 4) is 22.5 Å². The number of carbonyl (C=O) groups is 1. The number of hydrogen-bond donors (Lipinski definition) is 1. The van der Waals surface area contributed by atoms with Crippen molar-refractivity contribution in [2.24, 2.45) is 0 Å². The molecule has 2 heterocycles. The van der Waals surface area contributed by atoms with Crippen LogP contribution in [0.3, 0.4) is 0 Å². The minimum atomic E-state index is -0.212. The van der Waals surface area contributed by atoms with Crippen molar-refractivity contribution >= 4 is 17.7 Å². The molecule has 2 aromatic carbocycles. The van der Waals surface area contributed by atoms with Crippen molar-refractivity contribution in [3.63, 3.8) is 0 Å². The third-order valence-corrected chi connectivity index (χ3v) is 5.72. The maximum absolute atomic E-state index is 12.7. The van der Waals surface area contributed by atoms with E-state index in [1.807, 2.05) is 48.2 Å². The predicted molar refractivity (Wildman–Crippen MR) is 112 cm³/mol. The molecule has 1 aliphatic rings. The van der Waals surface area contributed by atoms with Gasteiger partial charge in [0.05, 0.1) is 29.9 Å². The van der Waals surface area contributed by atoms with Gasteiger partial charge in [-0.1, -0.05) is 72.4 Å². The second-order valence-corrected chi connectivity index (χ2v) is 8.02. The molecule has 0 radical (unpaired) electrons. The number of hydrogen-bond acceptors (Lipinski definition) is 4. The zero-order chi connectivity index (χ0) is 19.3. The first-order chi connectivity index (χ1) is 13.7. The number of benzene rings is 2. The Kier molecular flexibility index (Phi) is 5.78. The lowest BCUT2D eigenvalue weighted by Gasteiger charge is -2.28. The van der Waals surface area contributed by atoms with E-state index in [1.165, 1.54) is 11.8 Å². The quantitative estimate of drug-likeness (QED) is 0.664. The molecule has 1 fully saturated rings. The summed E-state index contributed by atoms with van der Waals surface area (Å²) in [6.07, 6.45) is 0. The van der Waals surface area contributed by atoms with E-state index in [1.54, 1.807) is 0 Å². The Morgan fingerprint density at radius 3 is 2.29 bits per heavy atom. The Labute approximate surface area is 169 Å². The van der Waals surface area contributed by atoms with Gasteiger partial charge in [0.2, 0.25) is 5.91 Å². The fourth-order valence-corrected chi connectivity index (χ4v) is 4.17. The van der Waals surface area contributed by atoms with E-state index in [2.05, 4.69) is 29.2 Å². The molecule has 1 aliphatic heterocycles. The maximum Gasteiger partial charge on any atom is 0.236 e. The number of imidazole rings is 1. The van der Waals surface area contributed by atoms with Gasteiger partial charge in [0.1, 0.15) is 0 Å². The van der Waals surface area contributed by atoms with Crippen molar-refractivity contribution in [3.05, 3.63) is 60.7 Å². The highest BCUT2D eigenvalue weighted by molar-refractivity contribution is 8.00. The zero-order valence-electron chi connectivity index (χ0n) is 15.8. The van der Waals surface area contributed by atoms with E-state index in [-0.39, 0.29) is 11.2 Å². The molecule has 1 atom stereocenters. The Hall–Kier alpha value is -2.57. The van der Waals surface area contributed by atoms with Crippen molar-refractivity contribution in [2.45, 2.75) is 17.3 Å². The van der Waals surface area contributed by atoms with Crippen LogP contribution in [-0.4, -0.2) is 52.3 Å². The summed E-state index contributed by atoms with van der Waals surface area (Å²) in [6.45, 7) is 4.48. The topological polar surface area (TPSA) is 58.2 Å². The van der Waals surface area contributed by atoms with Gasteiger partial charge in [-0.25, -0.2) is 4.98 Å². The molecule has 0 saturated carbocycles. The number of rotatable bonds is 5. The first-order valence-electron chi connectivity index (χ1n) is 9.46. The molecule has 3 aromatic rings. The molecule has 0 unspecified atom stereocenters. The zero-order valence-corrected chi connectivity index (χ0v) is 16.6. The highest BCUT2D eigenvalue weighted by Crippen LogP contribution is 2.34. The van der Waals surface area contributed by atoms with Crippen LogP contribution in [0.25, 0.3) is 22.5 Å². The van der Waals surface area contributed by atoms with E-state index in [4.69, 9.17) is 9.72 Å². The standard InChI is InChI=1S/C22H23N3O2S/c1-16(21(26)25-12-14-27-15-13-25)28-22-23-19(17-8-4-2-5-9-17)20(24-22)18-10-6-3-7-11-18/h2-11,16H,12-15H2,1H3,(H,23,24)/t16-/m0/s1. The SMILES string of the molecule is C[C@H](Sc1nc(-c2ccccc2)c(-c2ccccc2)[nH]1)C(=O)N1CCOCC1. The molecule has 144 valence electrons. The summed E-state index contributed by atoms with van der Waals surface area (Å²) in [6, 6.07) is 20.3. The molecule has 0 spiro atoms. The Morgan fingerprint density at radius 1 is 1.04 bits per heavy atom. The predicted octanol–water partition coefficient (Wildman–Crippen LogP) is 4.08. The number of amides is 1. The van der Waals surface area contributed by atoms with Gasteiger partial charge in [-0.05, 0) is 6.92 Å². The first-order valence-corrected chi connectivity index (χ1v) is 10.3. The number of thioether (sulfide) groups is 1. The largest absolute Gasteiger partial charge is 0.378 e. The summed E-state index contributed by atoms with van der Waals surface area (Å²) < 4.78 is 5.35. The summed E-state index contributed by atoms with van der Waals surface area (Å²) in [5.41, 5.74) is 4.00. The third-order valence-electron chi connectivity index (χ3n) is 4.75. The molecular formula is C22H23N3O2S. The number of aromatic nitrogens is 2. The number of carbonyl (C=O) groups excluding carboxylic acids is 1. The normalized spacial score (nSPS) is 15.4. The second kappa shape index (κ2) is 8.63. The Bertz CT molecular complexity index is 864. The smallest absolute Gasteiger partial charge is 0.236 e. The summed E-state index contributed by atoms with van der Waals surface area (Å²) in [7, 11) is 0. The lowest BCUT2D eigenvalue weighted by Crippen LogP contribution is -2.44. The van der Waals surface area contributed by atoms with E-state index >= 15 is 0 Å². The minimum absolute atomic E-state index is 0.132. The highest BCUT2D eigenvalue weighted by Gasteiger charge is 2.25. The number of nitrogens with zero attached hydrogens (tertiary/aromatic N) is 2. The number of morpholine rings is 1. The summed E-state index contributed by atoms with van der Waals surface area (Å²) in [5.74, 6) is 0.132. The van der Waals surface area contributed by atoms with Gasteiger partial charge in [-0.15, -0.1) is 0 Å². The number of ether oxygens (including phenoxy) is 1. The summed E-state index contributed by atoms with van der Waals surface area (Å²) >= 11 is 1.47. The van der Waals surface area contributed by atoms with Gasteiger partial charge in [0.15, 0.2) is 5.16 Å². The van der Waals surface area contributed by atoms with Crippen LogP contribution in [0.15, 0.2) is 65.8 Å². The molecule has 1 aromatic heterocycles. The van der Waals surface area contributed by atoms with Gasteiger partial charge in [0.25, 0.3) is 0 Å². The molecular weight excluding hydrogens is 370 g/mol. The van der Waals surface area contributed by atoms with Crippen LogP contribution in [0.1, 0.15) is 6.92 Å². The molecule has 1 N–H and O–H groups in total. The summed E-state index contributed by atoms with van der Waals surface area (Å²) in [4.78, 5) is 22.9.